The van der Waals surface area contributed by atoms with E-state index in [0.29, 0.717) is 22.0 Å². The van der Waals surface area contributed by atoms with Gasteiger partial charge in [-0.1, -0.05) is 50.1 Å². The standard InChI is InChI=1S/C26H28ClN3O4S/c27-17-11-13-21(22(15-17)30(32)33)23-14-12-20(34-23)16-24-25(31)29(19-9-5-2-6-10-19)26(35-24)28-18-7-3-1-4-8-18/h11-16,18-19H,1-10H2. The van der Waals surface area contributed by atoms with Crippen molar-refractivity contribution in [2.45, 2.75) is 76.3 Å². The molecule has 2 saturated carbocycles. The molecule has 2 heterocycles. The van der Waals surface area contributed by atoms with E-state index in [9.17, 15) is 14.9 Å². The summed E-state index contributed by atoms with van der Waals surface area (Å²) in [4.78, 5) is 32.1. The van der Waals surface area contributed by atoms with Crippen LogP contribution in [0.2, 0.25) is 5.02 Å². The number of nitro groups is 1. The number of thioether (sulfide) groups is 1. The largest absolute Gasteiger partial charge is 0.456 e. The van der Waals surface area contributed by atoms with E-state index in [4.69, 9.17) is 21.0 Å². The van der Waals surface area contributed by atoms with Crippen molar-refractivity contribution in [1.82, 2.24) is 4.90 Å². The summed E-state index contributed by atoms with van der Waals surface area (Å²) in [5, 5.41) is 12.6. The number of nitrogens with zero attached hydrogens (tertiary/aromatic N) is 3. The maximum Gasteiger partial charge on any atom is 0.281 e. The van der Waals surface area contributed by atoms with Crippen molar-refractivity contribution >= 4 is 46.2 Å². The third-order valence-electron chi connectivity index (χ3n) is 6.97. The van der Waals surface area contributed by atoms with Crippen molar-refractivity contribution in [3.8, 4) is 11.3 Å². The predicted octanol–water partition coefficient (Wildman–Crippen LogP) is 7.45. The molecule has 3 aliphatic rings. The lowest BCUT2D eigenvalue weighted by atomic mass is 9.94. The molecule has 1 aromatic heterocycles. The summed E-state index contributed by atoms with van der Waals surface area (Å²) in [6, 6.07) is 8.37. The fourth-order valence-corrected chi connectivity index (χ4v) is 6.43. The quantitative estimate of drug-likeness (QED) is 0.235. The number of amides is 1. The van der Waals surface area contributed by atoms with E-state index in [0.717, 1.165) is 43.7 Å². The lowest BCUT2D eigenvalue weighted by molar-refractivity contribution is -0.384. The number of benzene rings is 1. The monoisotopic (exact) mass is 513 g/mol. The fraction of sp³-hybridized carbons (Fsp3) is 0.462. The van der Waals surface area contributed by atoms with Crippen LogP contribution < -0.4 is 0 Å². The topological polar surface area (TPSA) is 88.9 Å². The molecule has 0 spiro atoms. The molecule has 3 fully saturated rings. The van der Waals surface area contributed by atoms with Crippen LogP contribution >= 0.6 is 23.4 Å². The first kappa shape index (κ1) is 24.1. The smallest absolute Gasteiger partial charge is 0.281 e. The summed E-state index contributed by atoms with van der Waals surface area (Å²) < 4.78 is 5.93. The second-order valence-corrected chi connectivity index (χ2v) is 10.8. The number of carbonyl (C=O) groups is 1. The first-order valence-corrected chi connectivity index (χ1v) is 13.5. The second-order valence-electron chi connectivity index (χ2n) is 9.40. The van der Waals surface area contributed by atoms with E-state index in [1.165, 1.54) is 43.5 Å². The first-order chi connectivity index (χ1) is 17.0. The van der Waals surface area contributed by atoms with Gasteiger partial charge in [0.05, 0.1) is 21.4 Å². The molecule has 0 unspecified atom stereocenters. The van der Waals surface area contributed by atoms with Gasteiger partial charge in [-0.2, -0.15) is 0 Å². The van der Waals surface area contributed by atoms with Gasteiger partial charge in [0.1, 0.15) is 11.5 Å². The molecule has 35 heavy (non-hydrogen) atoms. The number of nitro benzene ring substituents is 1. The molecule has 2 aliphatic carbocycles. The van der Waals surface area contributed by atoms with Crippen LogP contribution in [0, 0.1) is 10.1 Å². The SMILES string of the molecule is O=C1C(=Cc2ccc(-c3ccc(Cl)cc3[N+](=O)[O-])o2)SC(=NC2CCCCC2)N1C1CCCCC1. The summed E-state index contributed by atoms with van der Waals surface area (Å²) >= 11 is 7.37. The van der Waals surface area contributed by atoms with Gasteiger partial charge >= 0.3 is 0 Å². The van der Waals surface area contributed by atoms with Gasteiger partial charge in [-0.15, -0.1) is 0 Å². The summed E-state index contributed by atoms with van der Waals surface area (Å²) in [5.41, 5.74) is 0.223. The molecule has 7 nitrogen and oxygen atoms in total. The van der Waals surface area contributed by atoms with Crippen molar-refractivity contribution in [2.75, 3.05) is 0 Å². The Morgan fingerprint density at radius 1 is 1.06 bits per heavy atom. The number of amidine groups is 1. The molecule has 5 rings (SSSR count). The lowest BCUT2D eigenvalue weighted by Gasteiger charge is -2.31. The van der Waals surface area contributed by atoms with Crippen molar-refractivity contribution < 1.29 is 14.1 Å². The summed E-state index contributed by atoms with van der Waals surface area (Å²) in [6.45, 7) is 0. The maximum atomic E-state index is 13.5. The molecular formula is C26H28ClN3O4S. The van der Waals surface area contributed by atoms with Crippen LogP contribution in [-0.4, -0.2) is 33.0 Å². The summed E-state index contributed by atoms with van der Waals surface area (Å²) in [5.74, 6) is 0.811. The predicted molar refractivity (Wildman–Crippen MR) is 139 cm³/mol. The van der Waals surface area contributed by atoms with Gasteiger partial charge in [-0.05, 0) is 61.7 Å². The van der Waals surface area contributed by atoms with Crippen LogP contribution in [0.1, 0.15) is 70.0 Å². The average molecular weight is 514 g/mol. The zero-order chi connectivity index (χ0) is 24.4. The van der Waals surface area contributed by atoms with Crippen LogP contribution in [0.15, 0.2) is 44.6 Å². The number of rotatable bonds is 5. The van der Waals surface area contributed by atoms with E-state index in [2.05, 4.69) is 0 Å². The Morgan fingerprint density at radius 3 is 2.49 bits per heavy atom. The molecule has 0 bridgehead atoms. The number of hydrogen-bond acceptors (Lipinski definition) is 6. The van der Waals surface area contributed by atoms with Crippen LogP contribution in [0.3, 0.4) is 0 Å². The van der Waals surface area contributed by atoms with Crippen LogP contribution in [0.5, 0.6) is 0 Å². The van der Waals surface area contributed by atoms with Crippen LogP contribution in [0.25, 0.3) is 17.4 Å². The lowest BCUT2D eigenvalue weighted by Crippen LogP contribution is -2.41. The molecule has 184 valence electrons. The highest BCUT2D eigenvalue weighted by atomic mass is 35.5. The van der Waals surface area contributed by atoms with Gasteiger partial charge < -0.3 is 4.42 Å². The molecule has 0 N–H and O–H groups in total. The highest BCUT2D eigenvalue weighted by Gasteiger charge is 2.39. The number of aliphatic imine (C=N–C) groups is 1. The Morgan fingerprint density at radius 2 is 1.77 bits per heavy atom. The van der Waals surface area contributed by atoms with E-state index in [1.807, 2.05) is 4.90 Å². The van der Waals surface area contributed by atoms with Gasteiger partial charge in [0, 0.05) is 23.2 Å². The number of halogens is 1. The molecule has 9 heteroatoms. The Kier molecular flexibility index (Phi) is 7.29. The van der Waals surface area contributed by atoms with E-state index in [-0.39, 0.29) is 28.7 Å². The van der Waals surface area contributed by atoms with Crippen molar-refractivity contribution in [1.29, 1.82) is 0 Å². The molecule has 0 atom stereocenters. The third kappa shape index (κ3) is 5.33. The van der Waals surface area contributed by atoms with Gasteiger partial charge in [0.15, 0.2) is 5.17 Å². The molecular weight excluding hydrogens is 486 g/mol. The molecule has 1 aromatic carbocycles. The zero-order valence-electron chi connectivity index (χ0n) is 19.5. The Labute approximate surface area is 213 Å². The molecule has 1 aliphatic heterocycles. The Bertz CT molecular complexity index is 1180. The fourth-order valence-electron chi connectivity index (χ4n) is 5.17. The maximum absolute atomic E-state index is 13.5. The number of hydrogen-bond donors (Lipinski definition) is 0. The van der Waals surface area contributed by atoms with E-state index >= 15 is 0 Å². The summed E-state index contributed by atoms with van der Waals surface area (Å²) in [6.07, 6.45) is 13.0. The minimum Gasteiger partial charge on any atom is -0.456 e. The molecule has 0 radical (unpaired) electrons. The molecule has 2 aromatic rings. The Hall–Kier alpha value is -2.58. The highest BCUT2D eigenvalue weighted by Crippen LogP contribution is 2.39. The number of carbonyl (C=O) groups excluding carboxylic acids is 1. The van der Waals surface area contributed by atoms with E-state index in [1.54, 1.807) is 30.3 Å². The van der Waals surface area contributed by atoms with Gasteiger partial charge in [0.2, 0.25) is 0 Å². The van der Waals surface area contributed by atoms with Crippen molar-refractivity contribution in [3.05, 3.63) is 56.1 Å². The van der Waals surface area contributed by atoms with Crippen molar-refractivity contribution in [2.24, 2.45) is 4.99 Å². The molecule has 1 saturated heterocycles. The number of furan rings is 1. The normalized spacial score (nSPS) is 22.4. The Balaban J connectivity index is 1.44. The average Bonchev–Trinajstić information content (AvgIpc) is 3.44. The first-order valence-electron chi connectivity index (χ1n) is 12.3. The third-order valence-corrected chi connectivity index (χ3v) is 8.20. The molecule has 1 amide bonds. The minimum absolute atomic E-state index is 0.0214. The van der Waals surface area contributed by atoms with Crippen LogP contribution in [-0.2, 0) is 4.79 Å². The van der Waals surface area contributed by atoms with Gasteiger partial charge in [-0.25, -0.2) is 0 Å². The van der Waals surface area contributed by atoms with Gasteiger partial charge in [0.25, 0.3) is 11.6 Å². The minimum atomic E-state index is -0.478. The highest BCUT2D eigenvalue weighted by molar-refractivity contribution is 8.18. The van der Waals surface area contributed by atoms with Crippen LogP contribution in [0.4, 0.5) is 5.69 Å². The summed E-state index contributed by atoms with van der Waals surface area (Å²) in [7, 11) is 0. The zero-order valence-corrected chi connectivity index (χ0v) is 21.0. The van der Waals surface area contributed by atoms with E-state index < -0.39 is 4.92 Å². The van der Waals surface area contributed by atoms with Gasteiger partial charge in [-0.3, -0.25) is 24.8 Å². The van der Waals surface area contributed by atoms with Crippen molar-refractivity contribution in [3.63, 3.8) is 0 Å². The second kappa shape index (κ2) is 10.6.